The van der Waals surface area contributed by atoms with E-state index >= 15 is 0 Å². The van der Waals surface area contributed by atoms with Crippen molar-refractivity contribution in [1.82, 2.24) is 28.6 Å². The van der Waals surface area contributed by atoms with Crippen molar-refractivity contribution in [3.05, 3.63) is 95.1 Å². The van der Waals surface area contributed by atoms with E-state index in [-0.39, 0.29) is 24.5 Å². The number of nitrogens with zero attached hydrogens (tertiary/aromatic N) is 6. The van der Waals surface area contributed by atoms with Crippen LogP contribution in [0.15, 0.2) is 71.9 Å². The average Bonchev–Trinajstić information content (AvgIpc) is 3.52. The second-order valence-corrected chi connectivity index (χ2v) is 10.7. The molecule has 0 saturated carbocycles. The van der Waals surface area contributed by atoms with Crippen LogP contribution in [0.5, 0.6) is 0 Å². The molecular weight excluding hydrogens is 532 g/mol. The van der Waals surface area contributed by atoms with Gasteiger partial charge in [-0.05, 0) is 72.8 Å². The maximum absolute atomic E-state index is 14.2. The second kappa shape index (κ2) is 9.45. The number of alkyl halides is 3. The quantitative estimate of drug-likeness (QED) is 0.188. The molecule has 3 aromatic heterocycles. The van der Waals surface area contributed by atoms with Crippen molar-refractivity contribution >= 4 is 23.8 Å². The number of rotatable bonds is 5. The molecule has 7 nitrogen and oxygen atoms in total. The molecule has 39 heavy (non-hydrogen) atoms. The minimum absolute atomic E-state index is 0.228. The normalized spacial score (nSPS) is 19.4. The number of aryl methyl sites for hydroxylation is 1. The summed E-state index contributed by atoms with van der Waals surface area (Å²) in [4.78, 5) is 22.6. The average molecular weight is 555 g/mol. The highest BCUT2D eigenvalue weighted by atomic mass is 32.2. The summed E-state index contributed by atoms with van der Waals surface area (Å²) in [6.07, 6.45) is 4.25. The number of hydrogen-bond donors (Lipinski definition) is 0. The van der Waals surface area contributed by atoms with Gasteiger partial charge in [0.1, 0.15) is 11.5 Å². The highest BCUT2D eigenvalue weighted by Gasteiger charge is 2.50. The Morgan fingerprint density at radius 1 is 1.10 bits per heavy atom. The van der Waals surface area contributed by atoms with Crippen LogP contribution in [0.4, 0.5) is 17.6 Å². The van der Waals surface area contributed by atoms with Crippen LogP contribution in [-0.2, 0) is 19.6 Å². The molecule has 1 saturated heterocycles. The van der Waals surface area contributed by atoms with E-state index in [4.69, 9.17) is 0 Å². The number of fused-ring (bicyclic) bond motifs is 2. The molecule has 2 aliphatic rings. The van der Waals surface area contributed by atoms with Crippen molar-refractivity contribution in [2.75, 3.05) is 13.1 Å². The minimum atomic E-state index is -4.60. The summed E-state index contributed by atoms with van der Waals surface area (Å²) < 4.78 is 59.6. The molecule has 4 aromatic rings. The van der Waals surface area contributed by atoms with E-state index in [0.29, 0.717) is 18.7 Å². The molecule has 0 radical (unpaired) electrons. The Kier molecular flexibility index (Phi) is 6.18. The number of aromatic nitrogens is 5. The summed E-state index contributed by atoms with van der Waals surface area (Å²) in [5.74, 6) is -0.834. The van der Waals surface area contributed by atoms with Crippen LogP contribution in [0.25, 0.3) is 11.8 Å². The number of Topliss-reactive ketones (excluding diaryl/α,β-unsaturated/α-hetero) is 1. The Bertz CT molecular complexity index is 1590. The molecule has 12 heteroatoms. The number of piperidine rings is 1. The van der Waals surface area contributed by atoms with E-state index in [1.165, 1.54) is 24.1 Å². The number of benzene rings is 1. The van der Waals surface area contributed by atoms with Crippen LogP contribution >= 0.6 is 11.9 Å². The van der Waals surface area contributed by atoms with E-state index in [1.54, 1.807) is 29.2 Å². The van der Waals surface area contributed by atoms with Crippen molar-refractivity contribution in [2.24, 2.45) is 12.5 Å². The molecule has 1 fully saturated rings. The summed E-state index contributed by atoms with van der Waals surface area (Å²) in [5, 5.41) is 5.24. The van der Waals surface area contributed by atoms with Gasteiger partial charge in [0.2, 0.25) is 0 Å². The number of halogens is 4. The zero-order valence-corrected chi connectivity index (χ0v) is 21.5. The third-order valence-corrected chi connectivity index (χ3v) is 8.32. The number of carbonyl (C=O) groups is 1. The maximum Gasteiger partial charge on any atom is 0.416 e. The third-order valence-electron chi connectivity index (χ3n) is 7.19. The second-order valence-electron chi connectivity index (χ2n) is 9.65. The van der Waals surface area contributed by atoms with E-state index < -0.39 is 22.9 Å². The number of pyridine rings is 1. The topological polar surface area (TPSA) is 68.8 Å². The van der Waals surface area contributed by atoms with E-state index in [2.05, 4.69) is 15.1 Å². The zero-order chi connectivity index (χ0) is 27.4. The van der Waals surface area contributed by atoms with Gasteiger partial charge in [0, 0.05) is 38.7 Å². The van der Waals surface area contributed by atoms with Gasteiger partial charge in [-0.3, -0.25) is 9.78 Å². The molecule has 1 aliphatic carbocycles. The molecular formula is C27H22F4N6OS. The maximum atomic E-state index is 14.2. The lowest BCUT2D eigenvalue weighted by Gasteiger charge is -2.44. The first kappa shape index (κ1) is 25.5. The summed E-state index contributed by atoms with van der Waals surface area (Å²) in [7, 11) is 1.87. The van der Waals surface area contributed by atoms with E-state index in [1.807, 2.05) is 28.2 Å². The standard InChI is InChI=1S/C27H22F4N6OS/c1-35-11-9-33-25(35)39-36-10-7-18-13-23-17(15-34-37(23)21-4-2-20(28)3-5-21)14-26(18,16-36)24(38)22-12-19(6-8-32-22)27(29,30)31/h2-6,8-9,11-13,15H,7,10,14,16H2,1H3. The van der Waals surface area contributed by atoms with Gasteiger partial charge in [-0.15, -0.1) is 0 Å². The number of hydrogen-bond acceptors (Lipinski definition) is 6. The lowest BCUT2D eigenvalue weighted by atomic mass is 9.65. The molecule has 4 heterocycles. The minimum Gasteiger partial charge on any atom is -0.328 e. The van der Waals surface area contributed by atoms with Crippen molar-refractivity contribution in [3.8, 4) is 5.69 Å². The smallest absolute Gasteiger partial charge is 0.328 e. The summed E-state index contributed by atoms with van der Waals surface area (Å²) in [6, 6.07) is 7.62. The fourth-order valence-electron chi connectivity index (χ4n) is 5.21. The van der Waals surface area contributed by atoms with Crippen molar-refractivity contribution in [2.45, 2.75) is 24.2 Å². The van der Waals surface area contributed by atoms with Gasteiger partial charge in [0.15, 0.2) is 10.9 Å². The lowest BCUT2D eigenvalue weighted by Crippen LogP contribution is -2.50. The molecule has 1 unspecified atom stereocenters. The van der Waals surface area contributed by atoms with Gasteiger partial charge in [-0.1, -0.05) is 5.57 Å². The van der Waals surface area contributed by atoms with Crippen LogP contribution in [0.1, 0.15) is 33.7 Å². The molecule has 1 atom stereocenters. The Balaban J connectivity index is 1.42. The molecule has 0 bridgehead atoms. The summed E-state index contributed by atoms with van der Waals surface area (Å²) >= 11 is 1.41. The van der Waals surface area contributed by atoms with Gasteiger partial charge in [-0.2, -0.15) is 18.3 Å². The number of carbonyl (C=O) groups excluding carboxylic acids is 1. The highest BCUT2D eigenvalue weighted by molar-refractivity contribution is 7.96. The first-order chi connectivity index (χ1) is 18.6. The van der Waals surface area contributed by atoms with Crippen LogP contribution in [0.2, 0.25) is 0 Å². The van der Waals surface area contributed by atoms with E-state index in [9.17, 15) is 22.4 Å². The molecule has 6 rings (SSSR count). The molecule has 1 aromatic carbocycles. The predicted octanol–water partition coefficient (Wildman–Crippen LogP) is 5.38. The fraction of sp³-hybridized carbons (Fsp3) is 0.259. The van der Waals surface area contributed by atoms with Crippen LogP contribution < -0.4 is 0 Å². The largest absolute Gasteiger partial charge is 0.416 e. The van der Waals surface area contributed by atoms with Crippen LogP contribution in [0.3, 0.4) is 0 Å². The van der Waals surface area contributed by atoms with Crippen LogP contribution in [0, 0.1) is 11.2 Å². The first-order valence-corrected chi connectivity index (χ1v) is 12.9. The first-order valence-electron chi connectivity index (χ1n) is 12.2. The number of imidazole rings is 1. The molecule has 0 spiro atoms. The Hall–Kier alpha value is -3.77. The molecule has 0 N–H and O–H groups in total. The fourth-order valence-corrected chi connectivity index (χ4v) is 6.21. The van der Waals surface area contributed by atoms with Crippen molar-refractivity contribution in [1.29, 1.82) is 0 Å². The lowest BCUT2D eigenvalue weighted by molar-refractivity contribution is -0.137. The van der Waals surface area contributed by atoms with Crippen molar-refractivity contribution in [3.63, 3.8) is 0 Å². The molecule has 1 aliphatic heterocycles. The Morgan fingerprint density at radius 3 is 2.62 bits per heavy atom. The monoisotopic (exact) mass is 554 g/mol. The van der Waals surface area contributed by atoms with Crippen LogP contribution in [-0.4, -0.2) is 47.5 Å². The van der Waals surface area contributed by atoms with Gasteiger partial charge in [-0.25, -0.2) is 18.4 Å². The predicted molar refractivity (Wildman–Crippen MR) is 136 cm³/mol. The summed E-state index contributed by atoms with van der Waals surface area (Å²) in [5.41, 5.74) is 0.717. The van der Waals surface area contributed by atoms with E-state index in [0.717, 1.165) is 40.3 Å². The van der Waals surface area contributed by atoms with Gasteiger partial charge >= 0.3 is 6.18 Å². The zero-order valence-electron chi connectivity index (χ0n) is 20.7. The summed E-state index contributed by atoms with van der Waals surface area (Å²) in [6.45, 7) is 0.864. The van der Waals surface area contributed by atoms with Gasteiger partial charge in [0.25, 0.3) is 0 Å². The van der Waals surface area contributed by atoms with Crippen molar-refractivity contribution < 1.29 is 22.4 Å². The SMILES string of the molecule is Cn1ccnc1SN1CCC2=Cc3c(cnn3-c3ccc(F)cc3)CC2(C(=O)c2cc(C(F)(F)F)ccn2)C1. The van der Waals surface area contributed by atoms with Gasteiger partial charge < -0.3 is 4.57 Å². The highest BCUT2D eigenvalue weighted by Crippen LogP contribution is 2.48. The molecule has 200 valence electrons. The van der Waals surface area contributed by atoms with Gasteiger partial charge in [0.05, 0.1) is 28.6 Å². The Labute approximate surface area is 225 Å². The Morgan fingerprint density at radius 2 is 1.90 bits per heavy atom. The molecule has 0 amide bonds. The third kappa shape index (κ3) is 4.57. The number of ketones is 1.